The quantitative estimate of drug-likeness (QED) is 0.512. The van der Waals surface area contributed by atoms with Crippen LogP contribution in [0.15, 0.2) is 24.5 Å². The minimum absolute atomic E-state index is 0.0142. The van der Waals surface area contributed by atoms with Crippen molar-refractivity contribution in [1.82, 2.24) is 25.1 Å². The number of hydrogen-bond acceptors (Lipinski definition) is 9. The smallest absolute Gasteiger partial charge is 0.226 e. The second-order valence-electron chi connectivity index (χ2n) is 8.15. The molecule has 4 N–H and O–H groups in total. The highest BCUT2D eigenvalue weighted by molar-refractivity contribution is 5.75. The van der Waals surface area contributed by atoms with Gasteiger partial charge in [0, 0.05) is 24.1 Å². The Balaban J connectivity index is 1.48. The third-order valence-electron chi connectivity index (χ3n) is 5.81. The maximum atomic E-state index is 8.87. The summed E-state index contributed by atoms with van der Waals surface area (Å²) in [4.78, 5) is 12.9. The van der Waals surface area contributed by atoms with Gasteiger partial charge in [-0.15, -0.1) is 0 Å². The lowest BCUT2D eigenvalue weighted by Crippen LogP contribution is -2.33. The number of nitrogens with zero attached hydrogens (tertiary/aromatic N) is 5. The van der Waals surface area contributed by atoms with E-state index in [4.69, 9.17) is 25.5 Å². The van der Waals surface area contributed by atoms with Crippen LogP contribution in [-0.2, 0) is 0 Å². The Morgan fingerprint density at radius 2 is 2.03 bits per heavy atom. The van der Waals surface area contributed by atoms with E-state index < -0.39 is 0 Å². The first kappa shape index (κ1) is 20.2. The number of ether oxygens (including phenoxy) is 2. The minimum atomic E-state index is -0.0395. The molecule has 10 heteroatoms. The number of nitrogens with two attached hydrogens (primary N) is 1. The summed E-state index contributed by atoms with van der Waals surface area (Å²) in [5.74, 6) is 2.66. The number of nitrogens with one attached hydrogen (secondary N) is 2. The van der Waals surface area contributed by atoms with Gasteiger partial charge < -0.3 is 20.5 Å². The Morgan fingerprint density at radius 1 is 1.16 bits per heavy atom. The summed E-state index contributed by atoms with van der Waals surface area (Å²) in [5, 5.41) is 19.3. The molecule has 0 amide bonds. The number of nitriles is 1. The number of methoxy groups -OCH3 is 1. The van der Waals surface area contributed by atoms with Crippen molar-refractivity contribution in [3.8, 4) is 29.0 Å². The van der Waals surface area contributed by atoms with E-state index in [0.717, 1.165) is 37.8 Å². The largest absolute Gasteiger partial charge is 0.488 e. The van der Waals surface area contributed by atoms with Gasteiger partial charge in [0.25, 0.3) is 0 Å². The van der Waals surface area contributed by atoms with Gasteiger partial charge in [0.15, 0.2) is 11.5 Å². The highest BCUT2D eigenvalue weighted by atomic mass is 16.5. The summed E-state index contributed by atoms with van der Waals surface area (Å²) in [5.41, 5.74) is 8.91. The number of hydrogen-bond donors (Lipinski definition) is 3. The second kappa shape index (κ2) is 8.43. The summed E-state index contributed by atoms with van der Waals surface area (Å²) in [7, 11) is 1.61. The van der Waals surface area contributed by atoms with E-state index in [1.54, 1.807) is 7.11 Å². The van der Waals surface area contributed by atoms with Crippen LogP contribution in [0.2, 0.25) is 0 Å². The first-order valence-electron chi connectivity index (χ1n) is 10.7. The van der Waals surface area contributed by atoms with E-state index >= 15 is 0 Å². The van der Waals surface area contributed by atoms with E-state index in [9.17, 15) is 0 Å². The van der Waals surface area contributed by atoms with Crippen molar-refractivity contribution in [2.24, 2.45) is 5.73 Å². The van der Waals surface area contributed by atoms with Crippen molar-refractivity contribution >= 4 is 11.6 Å². The molecular weight excluding hydrogens is 408 g/mol. The summed E-state index contributed by atoms with van der Waals surface area (Å²) in [6.07, 6.45) is 8.04. The molecule has 0 aromatic carbocycles. The minimum Gasteiger partial charge on any atom is -0.488 e. The first-order chi connectivity index (χ1) is 15.6. The lowest BCUT2D eigenvalue weighted by molar-refractivity contribution is 0.191. The van der Waals surface area contributed by atoms with Crippen molar-refractivity contribution in [1.29, 1.82) is 5.26 Å². The second-order valence-corrected chi connectivity index (χ2v) is 8.15. The molecule has 2 saturated carbocycles. The van der Waals surface area contributed by atoms with Gasteiger partial charge in [0.2, 0.25) is 5.88 Å². The molecular formula is C22H24N8O2. The number of rotatable bonds is 7. The Bertz CT molecular complexity index is 1150. The molecule has 3 aromatic rings. The van der Waals surface area contributed by atoms with E-state index in [0.29, 0.717) is 40.4 Å². The Morgan fingerprint density at radius 3 is 2.69 bits per heavy atom. The molecule has 0 bridgehead atoms. The number of pyridine rings is 1. The SMILES string of the molecule is COc1nc(C2CC2)cc(O[C@@H]2CCC[C@@H]2N)c1-c1cc(Nc2cnc(C#N)cn2)n[nH]1. The lowest BCUT2D eigenvalue weighted by atomic mass is 10.1. The molecule has 10 nitrogen and oxygen atoms in total. The van der Waals surface area contributed by atoms with Gasteiger partial charge in [-0.2, -0.15) is 10.4 Å². The molecule has 0 spiro atoms. The summed E-state index contributed by atoms with van der Waals surface area (Å²) in [6, 6.07) is 5.80. The fourth-order valence-corrected chi connectivity index (χ4v) is 3.95. The average Bonchev–Trinajstić information content (AvgIpc) is 3.45. The maximum Gasteiger partial charge on any atom is 0.226 e. The number of aromatic nitrogens is 5. The lowest BCUT2D eigenvalue weighted by Gasteiger charge is -2.21. The molecule has 2 aliphatic rings. The predicted octanol–water partition coefficient (Wildman–Crippen LogP) is 3.02. The molecule has 0 unspecified atom stereocenters. The van der Waals surface area contributed by atoms with Gasteiger partial charge in [-0.25, -0.2) is 15.0 Å². The molecule has 2 atom stereocenters. The third-order valence-corrected chi connectivity index (χ3v) is 5.81. The van der Waals surface area contributed by atoms with Gasteiger partial charge in [0.05, 0.1) is 30.9 Å². The predicted molar refractivity (Wildman–Crippen MR) is 117 cm³/mol. The van der Waals surface area contributed by atoms with Crippen molar-refractivity contribution in [3.05, 3.63) is 35.9 Å². The van der Waals surface area contributed by atoms with E-state index in [2.05, 4.69) is 25.5 Å². The van der Waals surface area contributed by atoms with Crippen LogP contribution >= 0.6 is 0 Å². The van der Waals surface area contributed by atoms with Gasteiger partial charge >= 0.3 is 0 Å². The molecule has 5 rings (SSSR count). The molecule has 32 heavy (non-hydrogen) atoms. The highest BCUT2D eigenvalue weighted by Crippen LogP contribution is 2.45. The van der Waals surface area contributed by atoms with Crippen LogP contribution < -0.4 is 20.5 Å². The van der Waals surface area contributed by atoms with Crippen molar-refractivity contribution in [2.45, 2.75) is 50.2 Å². The Hall–Kier alpha value is -3.71. The van der Waals surface area contributed by atoms with Crippen LogP contribution in [0, 0.1) is 11.3 Å². The first-order valence-corrected chi connectivity index (χ1v) is 10.7. The summed E-state index contributed by atoms with van der Waals surface area (Å²) < 4.78 is 12.1. The van der Waals surface area contributed by atoms with Gasteiger partial charge in [-0.05, 0) is 32.1 Å². The highest BCUT2D eigenvalue weighted by Gasteiger charge is 2.31. The molecule has 164 valence electrons. The molecule has 0 radical (unpaired) electrons. The van der Waals surface area contributed by atoms with Crippen molar-refractivity contribution in [2.75, 3.05) is 12.4 Å². The number of anilines is 2. The van der Waals surface area contributed by atoms with E-state index in [1.807, 2.05) is 18.2 Å². The summed E-state index contributed by atoms with van der Waals surface area (Å²) in [6.45, 7) is 0. The average molecular weight is 432 g/mol. The molecule has 2 aliphatic carbocycles. The molecule has 0 aliphatic heterocycles. The van der Waals surface area contributed by atoms with E-state index in [-0.39, 0.29) is 17.8 Å². The fraction of sp³-hybridized carbons (Fsp3) is 0.409. The number of H-pyrrole nitrogens is 1. The monoisotopic (exact) mass is 432 g/mol. The van der Waals surface area contributed by atoms with E-state index in [1.165, 1.54) is 12.4 Å². The zero-order valence-electron chi connectivity index (χ0n) is 17.7. The van der Waals surface area contributed by atoms with Crippen molar-refractivity contribution < 1.29 is 9.47 Å². The Kier molecular flexibility index (Phi) is 5.33. The fourth-order valence-electron chi connectivity index (χ4n) is 3.95. The van der Waals surface area contributed by atoms with Crippen LogP contribution in [0.1, 0.15) is 49.4 Å². The van der Waals surface area contributed by atoms with Crippen molar-refractivity contribution in [3.63, 3.8) is 0 Å². The zero-order valence-corrected chi connectivity index (χ0v) is 17.7. The van der Waals surface area contributed by atoms with Crippen LogP contribution in [0.3, 0.4) is 0 Å². The standard InChI is InChI=1S/C22H24N8O2/c1-31-22-21(16-8-19(30-29-16)28-20-11-25-13(9-23)10-26-20)18(7-15(27-22)12-5-6-12)32-17-4-2-3-14(17)24/h7-8,10-12,14,17H,2-6,24H2,1H3,(H2,26,28,29,30)/t14-,17+/m0/s1. The zero-order chi connectivity index (χ0) is 22.1. The maximum absolute atomic E-state index is 8.87. The van der Waals surface area contributed by atoms with Gasteiger partial charge in [-0.1, -0.05) is 0 Å². The molecule has 3 aromatic heterocycles. The van der Waals surface area contributed by atoms with Gasteiger partial charge in [-0.3, -0.25) is 5.10 Å². The Labute approximate surface area is 185 Å². The van der Waals surface area contributed by atoms with Crippen LogP contribution in [0.4, 0.5) is 11.6 Å². The van der Waals surface area contributed by atoms with Crippen LogP contribution in [0.25, 0.3) is 11.3 Å². The molecule has 0 saturated heterocycles. The van der Waals surface area contributed by atoms with Crippen LogP contribution in [-0.4, -0.2) is 44.4 Å². The summed E-state index contributed by atoms with van der Waals surface area (Å²) >= 11 is 0. The van der Waals surface area contributed by atoms with Gasteiger partial charge in [0.1, 0.15) is 29.3 Å². The van der Waals surface area contributed by atoms with Crippen LogP contribution in [0.5, 0.6) is 11.6 Å². The number of aromatic amines is 1. The normalized spacial score (nSPS) is 20.0. The molecule has 2 fully saturated rings. The topological polar surface area (TPSA) is 148 Å². The molecule has 3 heterocycles. The third kappa shape index (κ3) is 4.07.